The van der Waals surface area contributed by atoms with Gasteiger partial charge in [-0.2, -0.15) is 0 Å². The molecular formula is C8H9Br2NO. The van der Waals surface area contributed by atoms with Crippen molar-refractivity contribution in [3.05, 3.63) is 20.6 Å². The van der Waals surface area contributed by atoms with E-state index in [9.17, 15) is 0 Å². The van der Waals surface area contributed by atoms with E-state index in [1.165, 1.54) is 0 Å². The molecular weight excluding hydrogens is 286 g/mol. The largest absolute Gasteiger partial charge is 0.495 e. The molecule has 0 aliphatic heterocycles. The second-order valence-corrected chi connectivity index (χ2v) is 4.08. The Morgan fingerprint density at radius 1 is 1.42 bits per heavy atom. The summed E-state index contributed by atoms with van der Waals surface area (Å²) in [5, 5.41) is 0. The van der Waals surface area contributed by atoms with E-state index < -0.39 is 0 Å². The van der Waals surface area contributed by atoms with E-state index in [0.717, 1.165) is 20.3 Å². The zero-order valence-corrected chi connectivity index (χ0v) is 9.99. The first-order chi connectivity index (χ1) is 5.57. The molecule has 0 unspecified atom stereocenters. The predicted molar refractivity (Wildman–Crippen MR) is 57.5 cm³/mol. The molecule has 0 amide bonds. The van der Waals surface area contributed by atoms with E-state index in [1.54, 1.807) is 7.11 Å². The van der Waals surface area contributed by atoms with Gasteiger partial charge in [-0.05, 0) is 50.4 Å². The van der Waals surface area contributed by atoms with Gasteiger partial charge in [-0.3, -0.25) is 0 Å². The average Bonchev–Trinajstić information content (AvgIpc) is 2.01. The Bertz CT molecular complexity index is 312. The van der Waals surface area contributed by atoms with Crippen molar-refractivity contribution < 1.29 is 4.74 Å². The van der Waals surface area contributed by atoms with Gasteiger partial charge in [0.15, 0.2) is 0 Å². The topological polar surface area (TPSA) is 35.2 Å². The van der Waals surface area contributed by atoms with E-state index in [4.69, 9.17) is 10.5 Å². The summed E-state index contributed by atoms with van der Waals surface area (Å²) in [5.41, 5.74) is 7.46. The summed E-state index contributed by atoms with van der Waals surface area (Å²) >= 11 is 6.71. The lowest BCUT2D eigenvalue weighted by molar-refractivity contribution is 0.409. The third-order valence-corrected chi connectivity index (χ3v) is 3.04. The number of ether oxygens (including phenoxy) is 1. The highest BCUT2D eigenvalue weighted by Gasteiger charge is 2.10. The molecule has 0 fully saturated rings. The molecule has 0 saturated heterocycles. The second kappa shape index (κ2) is 3.66. The van der Waals surface area contributed by atoms with Crippen LogP contribution < -0.4 is 10.5 Å². The van der Waals surface area contributed by atoms with E-state index in [2.05, 4.69) is 31.9 Å². The molecule has 0 heterocycles. The van der Waals surface area contributed by atoms with Gasteiger partial charge < -0.3 is 10.5 Å². The predicted octanol–water partition coefficient (Wildman–Crippen LogP) is 3.11. The van der Waals surface area contributed by atoms with Crippen molar-refractivity contribution in [3.8, 4) is 5.75 Å². The Morgan fingerprint density at radius 3 is 2.50 bits per heavy atom. The van der Waals surface area contributed by atoms with Crippen molar-refractivity contribution in [1.29, 1.82) is 0 Å². The molecule has 0 bridgehead atoms. The fourth-order valence-corrected chi connectivity index (χ4v) is 2.48. The summed E-state index contributed by atoms with van der Waals surface area (Å²) < 4.78 is 6.85. The number of methoxy groups -OCH3 is 1. The molecule has 66 valence electrons. The van der Waals surface area contributed by atoms with Crippen LogP contribution in [0.1, 0.15) is 5.56 Å². The number of hydrogen-bond acceptors (Lipinski definition) is 2. The number of anilines is 1. The molecule has 1 aromatic rings. The molecule has 0 aromatic heterocycles. The molecule has 0 aliphatic rings. The van der Waals surface area contributed by atoms with Crippen molar-refractivity contribution >= 4 is 37.5 Å². The minimum absolute atomic E-state index is 0.664. The van der Waals surface area contributed by atoms with Crippen LogP contribution in [0.3, 0.4) is 0 Å². The standard InChI is InChI=1S/C8H9Br2NO/c1-4-3-5(9)7(11)6(10)8(4)12-2/h3H,11H2,1-2H3. The highest BCUT2D eigenvalue weighted by Crippen LogP contribution is 2.38. The first kappa shape index (κ1) is 9.86. The van der Waals surface area contributed by atoms with Gasteiger partial charge in [-0.1, -0.05) is 0 Å². The van der Waals surface area contributed by atoms with Gasteiger partial charge >= 0.3 is 0 Å². The smallest absolute Gasteiger partial charge is 0.138 e. The Labute approximate surface area is 88.3 Å². The second-order valence-electron chi connectivity index (χ2n) is 2.44. The van der Waals surface area contributed by atoms with Crippen LogP contribution in [-0.2, 0) is 0 Å². The van der Waals surface area contributed by atoms with Crippen LogP contribution in [0.4, 0.5) is 5.69 Å². The summed E-state index contributed by atoms with van der Waals surface area (Å²) in [5.74, 6) is 0.788. The molecule has 4 heteroatoms. The van der Waals surface area contributed by atoms with E-state index in [0.29, 0.717) is 5.69 Å². The Kier molecular flexibility index (Phi) is 3.01. The van der Waals surface area contributed by atoms with E-state index in [-0.39, 0.29) is 0 Å². The SMILES string of the molecule is COc1c(C)cc(Br)c(N)c1Br. The zero-order valence-electron chi connectivity index (χ0n) is 6.82. The average molecular weight is 295 g/mol. The van der Waals surface area contributed by atoms with Crippen molar-refractivity contribution in [2.45, 2.75) is 6.92 Å². The normalized spacial score (nSPS) is 10.0. The zero-order chi connectivity index (χ0) is 9.30. The molecule has 0 spiro atoms. The summed E-state index contributed by atoms with van der Waals surface area (Å²) in [6, 6.07) is 1.93. The van der Waals surface area contributed by atoms with E-state index in [1.807, 2.05) is 13.0 Å². The van der Waals surface area contributed by atoms with Crippen LogP contribution >= 0.6 is 31.9 Å². The number of halogens is 2. The van der Waals surface area contributed by atoms with Crippen LogP contribution in [0.2, 0.25) is 0 Å². The van der Waals surface area contributed by atoms with Crippen LogP contribution in [-0.4, -0.2) is 7.11 Å². The molecule has 0 atom stereocenters. The number of aryl methyl sites for hydroxylation is 1. The lowest BCUT2D eigenvalue weighted by Crippen LogP contribution is -1.95. The van der Waals surface area contributed by atoms with Gasteiger partial charge in [-0.25, -0.2) is 0 Å². The van der Waals surface area contributed by atoms with Gasteiger partial charge in [0.2, 0.25) is 0 Å². The number of nitrogens with two attached hydrogens (primary N) is 1. The number of hydrogen-bond donors (Lipinski definition) is 1. The van der Waals surface area contributed by atoms with Crippen LogP contribution in [0.25, 0.3) is 0 Å². The lowest BCUT2D eigenvalue weighted by Gasteiger charge is -2.10. The third kappa shape index (κ3) is 1.59. The fourth-order valence-electron chi connectivity index (χ4n) is 0.984. The van der Waals surface area contributed by atoms with Crippen LogP contribution in [0, 0.1) is 6.92 Å². The lowest BCUT2D eigenvalue weighted by atomic mass is 10.2. The Balaban J connectivity index is 3.40. The fraction of sp³-hybridized carbons (Fsp3) is 0.250. The molecule has 1 aromatic carbocycles. The molecule has 2 nitrogen and oxygen atoms in total. The van der Waals surface area contributed by atoms with Crippen molar-refractivity contribution in [2.75, 3.05) is 12.8 Å². The molecule has 2 N–H and O–H groups in total. The minimum Gasteiger partial charge on any atom is -0.495 e. The maximum atomic E-state index is 5.75. The van der Waals surface area contributed by atoms with Crippen molar-refractivity contribution in [1.82, 2.24) is 0 Å². The maximum absolute atomic E-state index is 5.75. The summed E-state index contributed by atoms with van der Waals surface area (Å²) in [4.78, 5) is 0. The quantitative estimate of drug-likeness (QED) is 0.808. The summed E-state index contributed by atoms with van der Waals surface area (Å²) in [6.45, 7) is 1.97. The molecule has 1 rings (SSSR count). The van der Waals surface area contributed by atoms with Crippen molar-refractivity contribution in [2.24, 2.45) is 0 Å². The highest BCUT2D eigenvalue weighted by atomic mass is 79.9. The summed E-state index contributed by atoms with van der Waals surface area (Å²) in [6.07, 6.45) is 0. The first-order valence-corrected chi connectivity index (χ1v) is 4.94. The summed E-state index contributed by atoms with van der Waals surface area (Å²) in [7, 11) is 1.63. The van der Waals surface area contributed by atoms with Crippen LogP contribution in [0.5, 0.6) is 5.75 Å². The molecule has 0 aliphatic carbocycles. The first-order valence-electron chi connectivity index (χ1n) is 3.36. The molecule has 0 radical (unpaired) electrons. The number of rotatable bonds is 1. The van der Waals surface area contributed by atoms with Crippen molar-refractivity contribution in [3.63, 3.8) is 0 Å². The van der Waals surface area contributed by atoms with Gasteiger partial charge in [0.25, 0.3) is 0 Å². The highest BCUT2D eigenvalue weighted by molar-refractivity contribution is 9.11. The Morgan fingerprint density at radius 2 is 2.00 bits per heavy atom. The van der Waals surface area contributed by atoms with Gasteiger partial charge in [-0.15, -0.1) is 0 Å². The number of nitrogen functional groups attached to an aromatic ring is 1. The number of benzene rings is 1. The maximum Gasteiger partial charge on any atom is 0.138 e. The monoisotopic (exact) mass is 293 g/mol. The van der Waals surface area contributed by atoms with Crippen LogP contribution in [0.15, 0.2) is 15.0 Å². The van der Waals surface area contributed by atoms with E-state index >= 15 is 0 Å². The third-order valence-electron chi connectivity index (χ3n) is 1.60. The minimum atomic E-state index is 0.664. The van der Waals surface area contributed by atoms with Gasteiger partial charge in [0.05, 0.1) is 17.3 Å². The van der Waals surface area contributed by atoms with Gasteiger partial charge in [0, 0.05) is 4.47 Å². The molecule has 12 heavy (non-hydrogen) atoms. The van der Waals surface area contributed by atoms with Gasteiger partial charge in [0.1, 0.15) is 5.75 Å². The molecule has 0 saturated carbocycles. The Hall–Kier alpha value is -0.220.